The Kier molecular flexibility index (Phi) is 7.20. The van der Waals surface area contributed by atoms with Gasteiger partial charge in [0.15, 0.2) is 5.65 Å². The van der Waals surface area contributed by atoms with Gasteiger partial charge in [-0.2, -0.15) is 12.9 Å². The van der Waals surface area contributed by atoms with Crippen LogP contribution in [-0.2, 0) is 23.0 Å². The van der Waals surface area contributed by atoms with Crippen LogP contribution in [0.3, 0.4) is 0 Å². The molecule has 2 heterocycles. The van der Waals surface area contributed by atoms with Crippen LogP contribution in [0.4, 0.5) is 5.69 Å². The summed E-state index contributed by atoms with van der Waals surface area (Å²) in [4.78, 5) is 21.7. The largest absolute Gasteiger partial charge is 0.322 e. The van der Waals surface area contributed by atoms with Crippen molar-refractivity contribution in [2.24, 2.45) is 0 Å². The van der Waals surface area contributed by atoms with Gasteiger partial charge in [-0.3, -0.25) is 9.35 Å². The zero-order valence-corrected chi connectivity index (χ0v) is 21.2. The Morgan fingerprint density at radius 3 is 2.49 bits per heavy atom. The number of aryl methyl sites for hydroxylation is 2. The van der Waals surface area contributed by atoms with Gasteiger partial charge in [0, 0.05) is 23.4 Å². The number of carbonyl (C=O) groups excluding carboxylic acids is 1. The normalized spacial score (nSPS) is 11.7. The summed E-state index contributed by atoms with van der Waals surface area (Å²) >= 11 is 1.48. The zero-order valence-electron chi connectivity index (χ0n) is 19.5. The van der Waals surface area contributed by atoms with E-state index in [0.717, 1.165) is 41.1 Å². The van der Waals surface area contributed by atoms with E-state index in [9.17, 15) is 17.8 Å². The van der Waals surface area contributed by atoms with Crippen molar-refractivity contribution in [2.45, 2.75) is 43.2 Å². The zero-order chi connectivity index (χ0) is 25.2. The third-order valence-corrected chi connectivity index (χ3v) is 6.93. The SMILES string of the molecule is CCCc1nc(C)n2nc(SC)nc2c1Cc1ccc(NC(=O)c2ccccc2S(=O)(=O)O)cc1. The van der Waals surface area contributed by atoms with E-state index in [4.69, 9.17) is 9.97 Å². The fourth-order valence-corrected chi connectivity index (χ4v) is 4.88. The van der Waals surface area contributed by atoms with Gasteiger partial charge in [0.2, 0.25) is 5.16 Å². The molecule has 0 aliphatic rings. The van der Waals surface area contributed by atoms with Gasteiger partial charge in [0.1, 0.15) is 10.7 Å². The molecule has 0 aliphatic heterocycles. The molecule has 0 saturated carbocycles. The first-order valence-corrected chi connectivity index (χ1v) is 13.6. The predicted molar refractivity (Wildman–Crippen MR) is 135 cm³/mol. The number of anilines is 1. The molecule has 2 aromatic carbocycles. The number of amides is 1. The molecule has 0 saturated heterocycles. The van der Waals surface area contributed by atoms with E-state index in [-0.39, 0.29) is 5.56 Å². The van der Waals surface area contributed by atoms with Gasteiger partial charge in [-0.15, -0.1) is 5.10 Å². The van der Waals surface area contributed by atoms with Crippen molar-refractivity contribution in [3.63, 3.8) is 0 Å². The highest BCUT2D eigenvalue weighted by molar-refractivity contribution is 7.98. The van der Waals surface area contributed by atoms with Crippen molar-refractivity contribution in [2.75, 3.05) is 11.6 Å². The van der Waals surface area contributed by atoms with Crippen LogP contribution in [0.15, 0.2) is 58.6 Å². The highest BCUT2D eigenvalue weighted by Crippen LogP contribution is 2.24. The molecule has 182 valence electrons. The number of nitrogens with zero attached hydrogens (tertiary/aromatic N) is 4. The standard InChI is InChI=1S/C24H25N5O4S2/c1-4-7-20-19(22-27-24(34-3)28-29(22)15(2)25-20)14-16-10-12-17(13-11-16)26-23(30)18-8-5-6-9-21(18)35(31,32)33/h5-6,8-13H,4,7,14H2,1-3H3,(H,26,30)(H,31,32,33). The Balaban J connectivity index is 1.60. The van der Waals surface area contributed by atoms with Crippen LogP contribution in [0.25, 0.3) is 5.65 Å². The number of thioether (sulfide) groups is 1. The van der Waals surface area contributed by atoms with Crippen molar-refractivity contribution < 1.29 is 17.8 Å². The third-order valence-electron chi connectivity index (χ3n) is 5.48. The number of nitrogens with one attached hydrogen (secondary N) is 1. The molecule has 4 aromatic rings. The second kappa shape index (κ2) is 10.1. The molecule has 4 rings (SSSR count). The lowest BCUT2D eigenvalue weighted by molar-refractivity contribution is 0.102. The molecular formula is C24H25N5O4S2. The average molecular weight is 512 g/mol. The molecule has 0 atom stereocenters. The van der Waals surface area contributed by atoms with Crippen molar-refractivity contribution in [1.82, 2.24) is 19.6 Å². The second-order valence-electron chi connectivity index (χ2n) is 7.97. The molecule has 0 unspecified atom stereocenters. The van der Waals surface area contributed by atoms with Crippen molar-refractivity contribution in [3.05, 3.63) is 76.7 Å². The minimum absolute atomic E-state index is 0.132. The van der Waals surface area contributed by atoms with Crippen LogP contribution in [0.1, 0.15) is 46.3 Å². The molecule has 2 aromatic heterocycles. The summed E-state index contributed by atoms with van der Waals surface area (Å²) in [6, 6.07) is 12.8. The van der Waals surface area contributed by atoms with E-state index in [1.165, 1.54) is 36.0 Å². The van der Waals surface area contributed by atoms with Crippen molar-refractivity contribution >= 4 is 39.1 Å². The van der Waals surface area contributed by atoms with Crippen molar-refractivity contribution in [1.29, 1.82) is 0 Å². The molecule has 0 fully saturated rings. The number of benzene rings is 2. The van der Waals surface area contributed by atoms with Gasteiger partial charge >= 0.3 is 0 Å². The molecule has 0 aliphatic carbocycles. The maximum absolute atomic E-state index is 12.7. The topological polar surface area (TPSA) is 127 Å². The summed E-state index contributed by atoms with van der Waals surface area (Å²) in [7, 11) is -4.52. The van der Waals surface area contributed by atoms with E-state index < -0.39 is 20.9 Å². The molecule has 0 bridgehead atoms. The molecule has 0 spiro atoms. The van der Waals surface area contributed by atoms with E-state index in [0.29, 0.717) is 17.3 Å². The predicted octanol–water partition coefficient (Wildman–Crippen LogP) is 4.20. The van der Waals surface area contributed by atoms with Gasteiger partial charge in [-0.1, -0.05) is 49.4 Å². The van der Waals surface area contributed by atoms with Gasteiger partial charge in [-0.25, -0.2) is 9.97 Å². The number of carbonyl (C=O) groups is 1. The van der Waals surface area contributed by atoms with Gasteiger partial charge in [0.25, 0.3) is 16.0 Å². The molecule has 9 nitrogen and oxygen atoms in total. The van der Waals surface area contributed by atoms with E-state index in [2.05, 4.69) is 17.3 Å². The molecular weight excluding hydrogens is 486 g/mol. The lowest BCUT2D eigenvalue weighted by Gasteiger charge is -2.12. The fraction of sp³-hybridized carbons (Fsp3) is 0.250. The number of fused-ring (bicyclic) bond motifs is 1. The molecule has 1 amide bonds. The minimum atomic E-state index is -4.52. The van der Waals surface area contributed by atoms with Crippen LogP contribution >= 0.6 is 11.8 Å². The van der Waals surface area contributed by atoms with Crippen LogP contribution in [0.2, 0.25) is 0 Å². The summed E-state index contributed by atoms with van der Waals surface area (Å²) < 4.78 is 34.4. The monoisotopic (exact) mass is 511 g/mol. The molecule has 2 N–H and O–H groups in total. The van der Waals surface area contributed by atoms with Crippen LogP contribution in [0.5, 0.6) is 0 Å². The number of aromatic nitrogens is 4. The highest BCUT2D eigenvalue weighted by atomic mass is 32.2. The first-order chi connectivity index (χ1) is 16.7. The van der Waals surface area contributed by atoms with Crippen LogP contribution < -0.4 is 5.32 Å². The molecule has 11 heteroatoms. The number of hydrogen-bond acceptors (Lipinski definition) is 7. The van der Waals surface area contributed by atoms with Gasteiger partial charge in [0.05, 0.1) is 5.56 Å². The Morgan fingerprint density at radius 2 is 1.83 bits per heavy atom. The Bertz CT molecular complexity index is 1500. The maximum Gasteiger partial charge on any atom is 0.295 e. The van der Waals surface area contributed by atoms with Gasteiger partial charge < -0.3 is 5.32 Å². The van der Waals surface area contributed by atoms with Gasteiger partial charge in [-0.05, 0) is 49.4 Å². The molecule has 0 radical (unpaired) electrons. The summed E-state index contributed by atoms with van der Waals surface area (Å²) in [6.07, 6.45) is 4.31. The lowest BCUT2D eigenvalue weighted by atomic mass is 10.0. The third kappa shape index (κ3) is 5.37. The fourth-order valence-electron chi connectivity index (χ4n) is 3.85. The van der Waals surface area contributed by atoms with E-state index in [1.807, 2.05) is 25.3 Å². The summed E-state index contributed by atoms with van der Waals surface area (Å²) in [5, 5.41) is 7.91. The second-order valence-corrected chi connectivity index (χ2v) is 10.1. The summed E-state index contributed by atoms with van der Waals surface area (Å²) in [6.45, 7) is 4.03. The number of rotatable bonds is 8. The van der Waals surface area contributed by atoms with Crippen LogP contribution in [0, 0.1) is 6.92 Å². The maximum atomic E-state index is 12.7. The van der Waals surface area contributed by atoms with E-state index >= 15 is 0 Å². The first-order valence-electron chi connectivity index (χ1n) is 11.0. The number of hydrogen-bond donors (Lipinski definition) is 2. The summed E-state index contributed by atoms with van der Waals surface area (Å²) in [5.74, 6) is 0.164. The molecule has 35 heavy (non-hydrogen) atoms. The van der Waals surface area contributed by atoms with Crippen LogP contribution in [-0.4, -0.2) is 44.7 Å². The summed E-state index contributed by atoms with van der Waals surface area (Å²) in [5.41, 5.74) is 4.18. The lowest BCUT2D eigenvalue weighted by Crippen LogP contribution is -2.16. The van der Waals surface area contributed by atoms with E-state index in [1.54, 1.807) is 16.6 Å². The van der Waals surface area contributed by atoms with Crippen molar-refractivity contribution in [3.8, 4) is 0 Å². The Morgan fingerprint density at radius 1 is 1.11 bits per heavy atom. The Labute approximate surface area is 207 Å². The minimum Gasteiger partial charge on any atom is -0.322 e. The first kappa shape index (κ1) is 24.8. The quantitative estimate of drug-likeness (QED) is 0.266. The average Bonchev–Trinajstić information content (AvgIpc) is 3.27. The smallest absolute Gasteiger partial charge is 0.295 e. The Hall–Kier alpha value is -3.28. The highest BCUT2D eigenvalue weighted by Gasteiger charge is 2.20.